The van der Waals surface area contributed by atoms with E-state index < -0.39 is 5.97 Å². The van der Waals surface area contributed by atoms with E-state index in [1.807, 2.05) is 45.0 Å². The number of hydrogen-bond acceptors (Lipinski definition) is 4. The van der Waals surface area contributed by atoms with Gasteiger partial charge in [-0.05, 0) is 19.1 Å². The van der Waals surface area contributed by atoms with Crippen LogP contribution in [0.2, 0.25) is 0 Å². The molecule has 20 heavy (non-hydrogen) atoms. The van der Waals surface area contributed by atoms with Crippen molar-refractivity contribution in [3.8, 4) is 0 Å². The van der Waals surface area contributed by atoms with Crippen molar-refractivity contribution in [1.82, 2.24) is 9.97 Å². The minimum absolute atomic E-state index is 0.00156. The van der Waals surface area contributed by atoms with Gasteiger partial charge in [0.25, 0.3) is 0 Å². The van der Waals surface area contributed by atoms with Crippen LogP contribution in [0.4, 0.5) is 11.5 Å². The Morgan fingerprint density at radius 2 is 1.85 bits per heavy atom. The van der Waals surface area contributed by atoms with Crippen LogP contribution in [-0.2, 0) is 0 Å². The molecule has 0 saturated carbocycles. The fraction of sp³-hybridized carbons (Fsp3) is 0.267. The van der Waals surface area contributed by atoms with Crippen LogP contribution in [0.25, 0.3) is 0 Å². The first-order valence-corrected chi connectivity index (χ1v) is 6.41. The van der Waals surface area contributed by atoms with Crippen LogP contribution in [0, 0.1) is 6.92 Å². The first-order chi connectivity index (χ1) is 9.45. The van der Waals surface area contributed by atoms with Crippen molar-refractivity contribution in [3.63, 3.8) is 0 Å². The van der Waals surface area contributed by atoms with Crippen molar-refractivity contribution in [2.45, 2.75) is 26.7 Å². The van der Waals surface area contributed by atoms with Gasteiger partial charge in [-0.3, -0.25) is 0 Å². The molecule has 2 rings (SSSR count). The largest absolute Gasteiger partial charge is 0.477 e. The standard InChI is InChI=1S/C15H17N3O2/c1-9(2)14-17-12(15(19)20)8-13(18-14)16-11-6-4-10(3)5-7-11/h4-9H,1-3H3,(H,19,20)(H,16,17,18). The molecule has 0 saturated heterocycles. The van der Waals surface area contributed by atoms with Crippen LogP contribution >= 0.6 is 0 Å². The number of carboxylic acid groups (broad SMARTS) is 1. The van der Waals surface area contributed by atoms with Crippen LogP contribution in [0.3, 0.4) is 0 Å². The van der Waals surface area contributed by atoms with Gasteiger partial charge in [-0.25, -0.2) is 14.8 Å². The number of benzene rings is 1. The SMILES string of the molecule is Cc1ccc(Nc2cc(C(=O)O)nc(C(C)C)n2)cc1. The Hall–Kier alpha value is -2.43. The van der Waals surface area contributed by atoms with Crippen LogP contribution in [0.5, 0.6) is 0 Å². The van der Waals surface area contributed by atoms with Crippen LogP contribution < -0.4 is 5.32 Å². The normalized spacial score (nSPS) is 10.6. The molecule has 0 radical (unpaired) electrons. The minimum atomic E-state index is -1.05. The molecule has 0 aliphatic heterocycles. The maximum absolute atomic E-state index is 11.1. The average molecular weight is 271 g/mol. The molecule has 0 unspecified atom stereocenters. The van der Waals surface area contributed by atoms with Gasteiger partial charge in [-0.2, -0.15) is 0 Å². The molecule has 104 valence electrons. The summed E-state index contributed by atoms with van der Waals surface area (Å²) >= 11 is 0. The van der Waals surface area contributed by atoms with Crippen molar-refractivity contribution in [2.75, 3.05) is 5.32 Å². The highest BCUT2D eigenvalue weighted by atomic mass is 16.4. The third-order valence-electron chi connectivity index (χ3n) is 2.80. The van der Waals surface area contributed by atoms with Gasteiger partial charge in [0.1, 0.15) is 11.6 Å². The van der Waals surface area contributed by atoms with Crippen molar-refractivity contribution in [1.29, 1.82) is 0 Å². The monoisotopic (exact) mass is 271 g/mol. The summed E-state index contributed by atoms with van der Waals surface area (Å²) < 4.78 is 0. The Balaban J connectivity index is 2.35. The van der Waals surface area contributed by atoms with Gasteiger partial charge in [0, 0.05) is 17.7 Å². The number of aryl methyl sites for hydroxylation is 1. The number of carboxylic acids is 1. The van der Waals surface area contributed by atoms with E-state index in [0.717, 1.165) is 11.3 Å². The Morgan fingerprint density at radius 3 is 2.40 bits per heavy atom. The first-order valence-electron chi connectivity index (χ1n) is 6.41. The summed E-state index contributed by atoms with van der Waals surface area (Å²) in [7, 11) is 0. The van der Waals surface area contributed by atoms with E-state index in [1.54, 1.807) is 0 Å². The molecule has 5 heteroatoms. The minimum Gasteiger partial charge on any atom is -0.477 e. The van der Waals surface area contributed by atoms with Crippen LogP contribution in [0.1, 0.15) is 41.6 Å². The molecule has 5 nitrogen and oxygen atoms in total. The zero-order valence-electron chi connectivity index (χ0n) is 11.7. The first kappa shape index (κ1) is 14.0. The van der Waals surface area contributed by atoms with Crippen molar-refractivity contribution in [3.05, 3.63) is 47.4 Å². The number of rotatable bonds is 4. The summed E-state index contributed by atoms with van der Waals surface area (Å²) in [5.74, 6) is 0.0126. The lowest BCUT2D eigenvalue weighted by Crippen LogP contribution is -2.09. The van der Waals surface area contributed by atoms with Crippen molar-refractivity contribution < 1.29 is 9.90 Å². The average Bonchev–Trinajstić information content (AvgIpc) is 2.41. The molecule has 0 spiro atoms. The maximum atomic E-state index is 11.1. The molecular formula is C15H17N3O2. The summed E-state index contributed by atoms with van der Waals surface area (Å²) in [5, 5.41) is 12.2. The van der Waals surface area contributed by atoms with E-state index >= 15 is 0 Å². The molecule has 2 aromatic rings. The number of aromatic carboxylic acids is 1. The summed E-state index contributed by atoms with van der Waals surface area (Å²) in [5.41, 5.74) is 2.02. The molecule has 2 N–H and O–H groups in total. The Morgan fingerprint density at radius 1 is 1.20 bits per heavy atom. The molecule has 0 aliphatic rings. The molecule has 0 atom stereocenters. The van der Waals surface area contributed by atoms with E-state index in [4.69, 9.17) is 5.11 Å². The second kappa shape index (κ2) is 5.69. The fourth-order valence-electron chi connectivity index (χ4n) is 1.68. The van der Waals surface area contributed by atoms with Crippen molar-refractivity contribution in [2.24, 2.45) is 0 Å². The number of hydrogen-bond donors (Lipinski definition) is 2. The number of aromatic nitrogens is 2. The van der Waals surface area contributed by atoms with Crippen LogP contribution in [0.15, 0.2) is 30.3 Å². The number of nitrogens with one attached hydrogen (secondary N) is 1. The van der Waals surface area contributed by atoms with Gasteiger partial charge in [-0.1, -0.05) is 31.5 Å². The second-order valence-corrected chi connectivity index (χ2v) is 4.95. The van der Waals surface area contributed by atoms with E-state index in [9.17, 15) is 4.79 Å². The maximum Gasteiger partial charge on any atom is 0.354 e. The number of carbonyl (C=O) groups is 1. The summed E-state index contributed by atoms with van der Waals surface area (Å²) in [6.07, 6.45) is 0. The molecule has 0 fully saturated rings. The van der Waals surface area contributed by atoms with Gasteiger partial charge in [0.05, 0.1) is 0 Å². The topological polar surface area (TPSA) is 75.1 Å². The molecule has 1 heterocycles. The highest BCUT2D eigenvalue weighted by molar-refractivity contribution is 5.86. The lowest BCUT2D eigenvalue weighted by atomic mass is 10.2. The molecule has 0 bridgehead atoms. The van der Waals surface area contributed by atoms with Crippen molar-refractivity contribution >= 4 is 17.5 Å². The zero-order chi connectivity index (χ0) is 14.7. The fourth-order valence-corrected chi connectivity index (χ4v) is 1.68. The quantitative estimate of drug-likeness (QED) is 0.891. The van der Waals surface area contributed by atoms with Crippen LogP contribution in [-0.4, -0.2) is 21.0 Å². The zero-order valence-corrected chi connectivity index (χ0v) is 11.7. The summed E-state index contributed by atoms with van der Waals surface area (Å²) in [4.78, 5) is 19.5. The third-order valence-corrected chi connectivity index (χ3v) is 2.80. The second-order valence-electron chi connectivity index (χ2n) is 4.95. The molecule has 0 aliphatic carbocycles. The Labute approximate surface area is 117 Å². The number of nitrogens with zero attached hydrogens (tertiary/aromatic N) is 2. The summed E-state index contributed by atoms with van der Waals surface area (Å²) in [6.45, 7) is 5.86. The predicted octanol–water partition coefficient (Wildman–Crippen LogP) is 3.35. The Bertz CT molecular complexity index is 622. The van der Waals surface area contributed by atoms with Gasteiger partial charge < -0.3 is 10.4 Å². The van der Waals surface area contributed by atoms with Gasteiger partial charge in [-0.15, -0.1) is 0 Å². The highest BCUT2D eigenvalue weighted by Crippen LogP contribution is 2.18. The van der Waals surface area contributed by atoms with Gasteiger partial charge in [0.15, 0.2) is 5.69 Å². The molecule has 0 amide bonds. The lowest BCUT2D eigenvalue weighted by Gasteiger charge is -2.10. The van der Waals surface area contributed by atoms with E-state index in [2.05, 4.69) is 15.3 Å². The molecular weight excluding hydrogens is 254 g/mol. The van der Waals surface area contributed by atoms with Gasteiger partial charge >= 0.3 is 5.97 Å². The number of anilines is 2. The highest BCUT2D eigenvalue weighted by Gasteiger charge is 2.12. The predicted molar refractivity (Wildman–Crippen MR) is 77.5 cm³/mol. The van der Waals surface area contributed by atoms with E-state index in [-0.39, 0.29) is 11.6 Å². The third kappa shape index (κ3) is 3.32. The molecule has 1 aromatic heterocycles. The molecule has 1 aromatic carbocycles. The summed E-state index contributed by atoms with van der Waals surface area (Å²) in [6, 6.07) is 9.24. The lowest BCUT2D eigenvalue weighted by molar-refractivity contribution is 0.0690. The Kier molecular flexibility index (Phi) is 3.98. The van der Waals surface area contributed by atoms with Gasteiger partial charge in [0.2, 0.25) is 0 Å². The van der Waals surface area contributed by atoms with E-state index in [1.165, 1.54) is 6.07 Å². The smallest absolute Gasteiger partial charge is 0.354 e. The van der Waals surface area contributed by atoms with E-state index in [0.29, 0.717) is 11.6 Å².